The van der Waals surface area contributed by atoms with Crippen LogP contribution in [-0.4, -0.2) is 50.7 Å². The number of aryl methyl sites for hydroxylation is 2. The van der Waals surface area contributed by atoms with Crippen LogP contribution in [0.25, 0.3) is 10.4 Å². The van der Waals surface area contributed by atoms with Crippen molar-refractivity contribution in [3.63, 3.8) is 0 Å². The van der Waals surface area contributed by atoms with E-state index in [-0.39, 0.29) is 36.1 Å². The first-order valence-electron chi connectivity index (χ1n) is 13.6. The van der Waals surface area contributed by atoms with Gasteiger partial charge in [0, 0.05) is 25.6 Å². The second-order valence-corrected chi connectivity index (χ2v) is 13.0. The largest absolute Gasteiger partial charge is 0.391 e. The molecular weight excluding hydrogens is 512 g/mol. The van der Waals surface area contributed by atoms with Crippen LogP contribution in [0.5, 0.6) is 0 Å². The summed E-state index contributed by atoms with van der Waals surface area (Å²) in [4.78, 5) is 34.2. The maximum absolute atomic E-state index is 13.7. The van der Waals surface area contributed by atoms with Crippen LogP contribution in [0.15, 0.2) is 34.3 Å². The van der Waals surface area contributed by atoms with E-state index in [1.807, 2.05) is 33.2 Å². The summed E-state index contributed by atoms with van der Waals surface area (Å²) in [5, 5.41) is 17.5. The van der Waals surface area contributed by atoms with Crippen LogP contribution in [0.1, 0.15) is 75.2 Å². The predicted molar refractivity (Wildman–Crippen MR) is 152 cm³/mol. The molecule has 3 atom stereocenters. The van der Waals surface area contributed by atoms with Gasteiger partial charge in [-0.3, -0.25) is 9.59 Å². The van der Waals surface area contributed by atoms with Crippen molar-refractivity contribution in [1.82, 2.24) is 20.4 Å². The smallest absolute Gasteiger partial charge is 0.243 e. The first kappa shape index (κ1) is 29.0. The van der Waals surface area contributed by atoms with Gasteiger partial charge in [-0.15, -0.1) is 11.3 Å². The van der Waals surface area contributed by atoms with Gasteiger partial charge in [0.05, 0.1) is 27.9 Å². The molecule has 0 bridgehead atoms. The van der Waals surface area contributed by atoms with E-state index in [9.17, 15) is 14.7 Å². The number of aromatic nitrogens is 2. The highest BCUT2D eigenvalue weighted by Crippen LogP contribution is 2.33. The summed E-state index contributed by atoms with van der Waals surface area (Å²) in [5.41, 5.74) is 6.96. The molecule has 3 aromatic rings. The molecule has 0 radical (unpaired) electrons. The summed E-state index contributed by atoms with van der Waals surface area (Å²) >= 11 is 1.62. The van der Waals surface area contributed by atoms with E-state index in [0.29, 0.717) is 18.0 Å². The van der Waals surface area contributed by atoms with Crippen LogP contribution >= 0.6 is 11.3 Å². The molecule has 210 valence electrons. The number of rotatable bonds is 8. The molecule has 9 heteroatoms. The molecule has 0 aliphatic carbocycles. The van der Waals surface area contributed by atoms with Crippen LogP contribution in [0.2, 0.25) is 0 Å². The van der Waals surface area contributed by atoms with Crippen LogP contribution in [0.3, 0.4) is 0 Å². The number of aliphatic hydroxyl groups excluding tert-OH is 1. The van der Waals surface area contributed by atoms with Gasteiger partial charge in [-0.25, -0.2) is 4.98 Å². The average molecular weight is 553 g/mol. The molecule has 8 nitrogen and oxygen atoms in total. The summed E-state index contributed by atoms with van der Waals surface area (Å²) in [6.45, 7) is 14.8. The molecule has 2 N–H and O–H groups in total. The zero-order valence-corrected chi connectivity index (χ0v) is 24.8. The second-order valence-electron chi connectivity index (χ2n) is 12.2. The van der Waals surface area contributed by atoms with Crippen molar-refractivity contribution >= 4 is 23.2 Å². The van der Waals surface area contributed by atoms with Gasteiger partial charge in [-0.1, -0.05) is 51.9 Å². The van der Waals surface area contributed by atoms with E-state index < -0.39 is 18.1 Å². The lowest BCUT2D eigenvalue weighted by Gasteiger charge is -2.29. The maximum atomic E-state index is 13.7. The number of thiazole rings is 1. The van der Waals surface area contributed by atoms with Crippen molar-refractivity contribution in [2.75, 3.05) is 6.54 Å². The number of hydrogen-bond acceptors (Lipinski definition) is 7. The monoisotopic (exact) mass is 552 g/mol. The molecule has 1 saturated heterocycles. The lowest BCUT2D eigenvalue weighted by atomic mass is 9.85. The van der Waals surface area contributed by atoms with Crippen molar-refractivity contribution in [3.05, 3.63) is 58.1 Å². The minimum atomic E-state index is -0.757. The van der Waals surface area contributed by atoms with Gasteiger partial charge in [0.2, 0.25) is 11.8 Å². The van der Waals surface area contributed by atoms with Crippen LogP contribution < -0.4 is 5.32 Å². The highest BCUT2D eigenvalue weighted by molar-refractivity contribution is 7.13. The molecule has 4 rings (SSSR count). The number of likely N-dealkylation sites (tertiary alicyclic amines) is 1. The molecule has 0 spiro atoms. The Kier molecular flexibility index (Phi) is 8.61. The molecular formula is C30H40N4O4S. The van der Waals surface area contributed by atoms with E-state index in [0.717, 1.165) is 28.1 Å². The standard InChI is InChI=1S/C30H40N4O4S/c1-17(2)26(25-10-18(3)33-38-25)29(37)34-15-23(35)12-24(34)28(36)31-14-21-9-8-20(27-19(4)32-16-39-27)11-22(21)13-30(5,6)7/h8-11,16-17,23-24,26,35H,12-15H2,1-7H3,(H,31,36)/t23-,24+,26-/m1/s1. The molecule has 2 aromatic heterocycles. The average Bonchev–Trinajstić information content (AvgIpc) is 3.56. The SMILES string of the molecule is Cc1cc([C@H](C(=O)N2C[C@H](O)C[C@H]2C(=O)NCc2ccc(-c3scnc3C)cc2CC(C)(C)C)C(C)C)on1. The minimum absolute atomic E-state index is 0.0594. The maximum Gasteiger partial charge on any atom is 0.243 e. The fraction of sp³-hybridized carbons (Fsp3) is 0.533. The number of benzene rings is 1. The Bertz CT molecular complexity index is 1320. The van der Waals surface area contributed by atoms with Gasteiger partial charge in [0.25, 0.3) is 0 Å². The fourth-order valence-electron chi connectivity index (χ4n) is 5.30. The summed E-state index contributed by atoms with van der Waals surface area (Å²) in [6.07, 6.45) is 0.298. The van der Waals surface area contributed by atoms with E-state index in [2.05, 4.69) is 54.4 Å². The molecule has 1 aliphatic heterocycles. The summed E-state index contributed by atoms with van der Waals surface area (Å²) in [6, 6.07) is 7.37. The molecule has 1 aliphatic rings. The number of aliphatic hydroxyl groups is 1. The topological polar surface area (TPSA) is 109 Å². The van der Waals surface area contributed by atoms with E-state index in [4.69, 9.17) is 4.52 Å². The third-order valence-corrected chi connectivity index (χ3v) is 8.12. The number of nitrogens with zero attached hydrogens (tertiary/aromatic N) is 3. The predicted octanol–water partition coefficient (Wildman–Crippen LogP) is 5.02. The molecule has 0 saturated carbocycles. The van der Waals surface area contributed by atoms with Gasteiger partial charge in [0.15, 0.2) is 0 Å². The van der Waals surface area contributed by atoms with Crippen molar-refractivity contribution in [3.8, 4) is 10.4 Å². The Morgan fingerprint density at radius 2 is 1.95 bits per heavy atom. The second kappa shape index (κ2) is 11.6. The Morgan fingerprint density at radius 1 is 1.21 bits per heavy atom. The number of amides is 2. The Balaban J connectivity index is 1.53. The highest BCUT2D eigenvalue weighted by atomic mass is 32.1. The van der Waals surface area contributed by atoms with Crippen LogP contribution in [0.4, 0.5) is 0 Å². The zero-order valence-electron chi connectivity index (χ0n) is 23.9. The summed E-state index contributed by atoms with van der Waals surface area (Å²) < 4.78 is 5.43. The quantitative estimate of drug-likeness (QED) is 0.406. The Hall–Kier alpha value is -3.04. The first-order chi connectivity index (χ1) is 18.3. The van der Waals surface area contributed by atoms with Crippen molar-refractivity contribution in [2.24, 2.45) is 11.3 Å². The number of nitrogens with one attached hydrogen (secondary N) is 1. The van der Waals surface area contributed by atoms with Crippen molar-refractivity contribution < 1.29 is 19.2 Å². The number of carbonyl (C=O) groups excluding carboxylic acids is 2. The molecule has 1 aromatic carbocycles. The van der Waals surface area contributed by atoms with E-state index in [1.165, 1.54) is 10.5 Å². The van der Waals surface area contributed by atoms with Gasteiger partial charge in [0.1, 0.15) is 17.7 Å². The molecule has 39 heavy (non-hydrogen) atoms. The van der Waals surface area contributed by atoms with Gasteiger partial charge in [-0.05, 0) is 54.4 Å². The van der Waals surface area contributed by atoms with Gasteiger partial charge < -0.3 is 19.8 Å². The molecule has 3 heterocycles. The number of hydrogen-bond donors (Lipinski definition) is 2. The number of carbonyl (C=O) groups is 2. The Labute approximate surface area is 234 Å². The van der Waals surface area contributed by atoms with Crippen molar-refractivity contribution in [2.45, 2.75) is 85.9 Å². The van der Waals surface area contributed by atoms with Crippen molar-refractivity contribution in [1.29, 1.82) is 0 Å². The van der Waals surface area contributed by atoms with Gasteiger partial charge in [-0.2, -0.15) is 0 Å². The third-order valence-electron chi connectivity index (χ3n) is 7.14. The first-order valence-corrected chi connectivity index (χ1v) is 14.4. The third kappa shape index (κ3) is 6.76. The highest BCUT2D eigenvalue weighted by Gasteiger charge is 2.43. The lowest BCUT2D eigenvalue weighted by molar-refractivity contribution is -0.141. The van der Waals surface area contributed by atoms with Gasteiger partial charge >= 0.3 is 0 Å². The summed E-state index contributed by atoms with van der Waals surface area (Å²) in [7, 11) is 0. The lowest BCUT2D eigenvalue weighted by Crippen LogP contribution is -2.48. The number of β-amino-alcohol motifs (C(OH)–C–C–N with tert-alkyl or cyclic N) is 1. The fourth-order valence-corrected chi connectivity index (χ4v) is 6.11. The molecule has 1 fully saturated rings. The van der Waals surface area contributed by atoms with Crippen LogP contribution in [-0.2, 0) is 22.6 Å². The molecule has 2 amide bonds. The zero-order chi connectivity index (χ0) is 28.5. The van der Waals surface area contributed by atoms with E-state index in [1.54, 1.807) is 17.4 Å². The normalized spacial score (nSPS) is 18.5. The van der Waals surface area contributed by atoms with E-state index >= 15 is 0 Å². The Morgan fingerprint density at radius 3 is 2.54 bits per heavy atom. The van der Waals surface area contributed by atoms with Crippen LogP contribution in [0, 0.1) is 25.2 Å². The summed E-state index contributed by atoms with van der Waals surface area (Å²) in [5.74, 6) is -0.646. The minimum Gasteiger partial charge on any atom is -0.391 e. The molecule has 0 unspecified atom stereocenters.